The van der Waals surface area contributed by atoms with Gasteiger partial charge in [-0.2, -0.15) is 0 Å². The maximum atomic E-state index is 12.6. The Morgan fingerprint density at radius 3 is 2.29 bits per heavy atom. The van der Waals surface area contributed by atoms with Crippen molar-refractivity contribution < 1.29 is 9.59 Å². The third-order valence-corrected chi connectivity index (χ3v) is 3.88. The van der Waals surface area contributed by atoms with E-state index < -0.39 is 0 Å². The number of fused-ring (bicyclic) bond motifs is 1. The molecule has 0 saturated carbocycles. The molecule has 3 nitrogen and oxygen atoms in total. The summed E-state index contributed by atoms with van der Waals surface area (Å²) >= 11 is 5.76. The molecule has 104 valence electrons. The summed E-state index contributed by atoms with van der Waals surface area (Å²) in [7, 11) is 0. The van der Waals surface area contributed by atoms with Gasteiger partial charge in [0.2, 0.25) is 0 Å². The molecule has 0 bridgehead atoms. The van der Waals surface area contributed by atoms with Crippen LogP contribution in [0.1, 0.15) is 33.2 Å². The van der Waals surface area contributed by atoms with E-state index in [0.717, 1.165) is 5.56 Å². The number of carbonyl (C=O) groups excluding carboxylic acids is 2. The number of rotatable bonds is 2. The predicted molar refractivity (Wildman–Crippen MR) is 80.8 cm³/mol. The standard InChI is InChI=1S/C17H12ClNO2/c1-10-14(8-11-6-7-15(18)19-9-11)17(21)13-5-3-2-4-12(13)16(10)20/h2-7,9H,8H2,1H3. The Balaban J connectivity index is 2.02. The molecule has 2 aromatic rings. The van der Waals surface area contributed by atoms with E-state index in [9.17, 15) is 9.59 Å². The van der Waals surface area contributed by atoms with Crippen LogP contribution in [0.4, 0.5) is 0 Å². The lowest BCUT2D eigenvalue weighted by atomic mass is 9.82. The first kappa shape index (κ1) is 13.7. The van der Waals surface area contributed by atoms with Crippen LogP contribution in [0.5, 0.6) is 0 Å². The van der Waals surface area contributed by atoms with Gasteiger partial charge >= 0.3 is 0 Å². The zero-order chi connectivity index (χ0) is 15.0. The number of ketones is 2. The van der Waals surface area contributed by atoms with Crippen LogP contribution in [-0.2, 0) is 6.42 Å². The number of Topliss-reactive ketones (excluding diaryl/α,β-unsaturated/α-hetero) is 2. The fourth-order valence-electron chi connectivity index (χ4n) is 2.48. The number of halogens is 1. The SMILES string of the molecule is CC1=C(Cc2ccc(Cl)nc2)C(=O)c2ccccc2C1=O. The Hall–Kier alpha value is -2.26. The van der Waals surface area contributed by atoms with Crippen molar-refractivity contribution in [3.63, 3.8) is 0 Å². The Morgan fingerprint density at radius 2 is 1.67 bits per heavy atom. The summed E-state index contributed by atoms with van der Waals surface area (Å²) in [6.45, 7) is 1.70. The van der Waals surface area contributed by atoms with Gasteiger partial charge in [0.1, 0.15) is 5.15 Å². The molecular weight excluding hydrogens is 286 g/mol. The fourth-order valence-corrected chi connectivity index (χ4v) is 2.59. The van der Waals surface area contributed by atoms with E-state index in [1.807, 2.05) is 6.07 Å². The minimum Gasteiger partial charge on any atom is -0.289 e. The number of carbonyl (C=O) groups is 2. The molecule has 0 spiro atoms. The molecule has 0 amide bonds. The lowest BCUT2D eigenvalue weighted by Crippen LogP contribution is -2.22. The van der Waals surface area contributed by atoms with Gasteiger partial charge in [-0.15, -0.1) is 0 Å². The molecular formula is C17H12ClNO2. The van der Waals surface area contributed by atoms with Crippen molar-refractivity contribution in [1.82, 2.24) is 4.98 Å². The van der Waals surface area contributed by atoms with Crippen LogP contribution in [0.2, 0.25) is 5.15 Å². The van der Waals surface area contributed by atoms with Gasteiger partial charge in [-0.1, -0.05) is 41.9 Å². The fraction of sp³-hybridized carbons (Fsp3) is 0.118. The van der Waals surface area contributed by atoms with Crippen LogP contribution < -0.4 is 0 Å². The first-order valence-corrected chi connectivity index (χ1v) is 6.94. The maximum Gasteiger partial charge on any atom is 0.190 e. The molecule has 0 atom stereocenters. The number of benzene rings is 1. The summed E-state index contributed by atoms with van der Waals surface area (Å²) in [6, 6.07) is 10.4. The lowest BCUT2D eigenvalue weighted by molar-refractivity contribution is 0.0973. The first-order chi connectivity index (χ1) is 10.1. The molecule has 4 heteroatoms. The highest BCUT2D eigenvalue weighted by molar-refractivity contribution is 6.29. The smallest absolute Gasteiger partial charge is 0.190 e. The van der Waals surface area contributed by atoms with E-state index in [2.05, 4.69) is 4.98 Å². The summed E-state index contributed by atoms with van der Waals surface area (Å²) in [5.41, 5.74) is 2.86. The number of hydrogen-bond donors (Lipinski definition) is 0. The van der Waals surface area contributed by atoms with E-state index in [1.54, 1.807) is 43.5 Å². The highest BCUT2D eigenvalue weighted by Crippen LogP contribution is 2.28. The van der Waals surface area contributed by atoms with Gasteiger partial charge in [-0.3, -0.25) is 9.59 Å². The van der Waals surface area contributed by atoms with Gasteiger partial charge in [0.15, 0.2) is 11.6 Å². The van der Waals surface area contributed by atoms with Crippen LogP contribution in [-0.4, -0.2) is 16.6 Å². The number of pyridine rings is 1. The van der Waals surface area contributed by atoms with E-state index in [0.29, 0.717) is 33.8 Å². The van der Waals surface area contributed by atoms with Gasteiger partial charge in [-0.05, 0) is 18.6 Å². The number of nitrogens with zero attached hydrogens (tertiary/aromatic N) is 1. The topological polar surface area (TPSA) is 47.0 Å². The third-order valence-electron chi connectivity index (χ3n) is 3.65. The second-order valence-electron chi connectivity index (χ2n) is 4.97. The molecule has 0 aliphatic heterocycles. The van der Waals surface area contributed by atoms with Crippen molar-refractivity contribution in [2.45, 2.75) is 13.3 Å². The molecule has 1 aliphatic rings. The first-order valence-electron chi connectivity index (χ1n) is 6.56. The number of hydrogen-bond acceptors (Lipinski definition) is 3. The normalized spacial score (nSPS) is 14.4. The molecule has 1 aromatic carbocycles. The maximum absolute atomic E-state index is 12.6. The van der Waals surface area contributed by atoms with Crippen LogP contribution in [0, 0.1) is 0 Å². The van der Waals surface area contributed by atoms with E-state index in [1.165, 1.54) is 0 Å². The van der Waals surface area contributed by atoms with Crippen molar-refractivity contribution in [3.05, 3.63) is 75.6 Å². The average molecular weight is 298 g/mol. The van der Waals surface area contributed by atoms with Gasteiger partial charge in [-0.25, -0.2) is 4.98 Å². The molecule has 0 saturated heterocycles. The van der Waals surface area contributed by atoms with E-state index >= 15 is 0 Å². The molecule has 0 radical (unpaired) electrons. The highest BCUT2D eigenvalue weighted by Gasteiger charge is 2.29. The van der Waals surface area contributed by atoms with Crippen molar-refractivity contribution in [2.75, 3.05) is 0 Å². The van der Waals surface area contributed by atoms with Crippen LogP contribution >= 0.6 is 11.6 Å². The van der Waals surface area contributed by atoms with Crippen molar-refractivity contribution in [1.29, 1.82) is 0 Å². The van der Waals surface area contributed by atoms with Crippen LogP contribution in [0.15, 0.2) is 53.7 Å². The van der Waals surface area contributed by atoms with Gasteiger partial charge in [0.25, 0.3) is 0 Å². The third kappa shape index (κ3) is 2.41. The van der Waals surface area contributed by atoms with Gasteiger partial charge < -0.3 is 0 Å². The largest absolute Gasteiger partial charge is 0.289 e. The average Bonchev–Trinajstić information content (AvgIpc) is 2.51. The predicted octanol–water partition coefficient (Wildman–Crippen LogP) is 3.67. The van der Waals surface area contributed by atoms with E-state index in [4.69, 9.17) is 11.6 Å². The molecule has 3 rings (SSSR count). The summed E-state index contributed by atoms with van der Waals surface area (Å²) in [4.78, 5) is 29.0. The minimum absolute atomic E-state index is 0.0814. The molecule has 0 unspecified atom stereocenters. The molecule has 1 aromatic heterocycles. The van der Waals surface area contributed by atoms with E-state index in [-0.39, 0.29) is 11.6 Å². The molecule has 0 fully saturated rings. The summed E-state index contributed by atoms with van der Waals surface area (Å²) < 4.78 is 0. The van der Waals surface area contributed by atoms with Gasteiger partial charge in [0.05, 0.1) is 0 Å². The van der Waals surface area contributed by atoms with Crippen molar-refractivity contribution in [2.24, 2.45) is 0 Å². The Labute approximate surface area is 127 Å². The van der Waals surface area contributed by atoms with Crippen LogP contribution in [0.3, 0.4) is 0 Å². The number of aromatic nitrogens is 1. The molecule has 21 heavy (non-hydrogen) atoms. The lowest BCUT2D eigenvalue weighted by Gasteiger charge is -2.18. The van der Waals surface area contributed by atoms with Crippen molar-refractivity contribution in [3.8, 4) is 0 Å². The van der Waals surface area contributed by atoms with Crippen LogP contribution in [0.25, 0.3) is 0 Å². The number of allylic oxidation sites excluding steroid dienone is 2. The van der Waals surface area contributed by atoms with Gasteiger partial charge in [0, 0.05) is 34.9 Å². The molecule has 0 N–H and O–H groups in total. The van der Waals surface area contributed by atoms with Crippen molar-refractivity contribution >= 4 is 23.2 Å². The Morgan fingerprint density at radius 1 is 1.00 bits per heavy atom. The second kappa shape index (κ2) is 5.26. The zero-order valence-corrected chi connectivity index (χ0v) is 12.1. The zero-order valence-electron chi connectivity index (χ0n) is 11.4. The Bertz CT molecular complexity index is 776. The quantitative estimate of drug-likeness (QED) is 0.795. The monoisotopic (exact) mass is 297 g/mol. The minimum atomic E-state index is -0.0855. The Kier molecular flexibility index (Phi) is 3.43. The summed E-state index contributed by atoms with van der Waals surface area (Å²) in [5.74, 6) is -0.167. The summed E-state index contributed by atoms with van der Waals surface area (Å²) in [6.07, 6.45) is 2.01. The highest BCUT2D eigenvalue weighted by atomic mass is 35.5. The second-order valence-corrected chi connectivity index (χ2v) is 5.36. The summed E-state index contributed by atoms with van der Waals surface area (Å²) in [5, 5.41) is 0.404. The molecule has 1 aliphatic carbocycles. The molecule has 1 heterocycles.